The molecule has 1 aromatic heterocycles. The lowest BCUT2D eigenvalue weighted by atomic mass is 10.1. The molecule has 1 saturated heterocycles. The summed E-state index contributed by atoms with van der Waals surface area (Å²) in [5.74, 6) is 0.362. The van der Waals surface area contributed by atoms with E-state index in [0.29, 0.717) is 0 Å². The highest BCUT2D eigenvalue weighted by molar-refractivity contribution is 7.18. The first-order valence-corrected chi connectivity index (χ1v) is 10.6. The maximum Gasteiger partial charge on any atom is 0.226 e. The molecule has 28 heavy (non-hydrogen) atoms. The first-order valence-electron chi connectivity index (χ1n) is 9.78. The lowest BCUT2D eigenvalue weighted by Gasteiger charge is -2.34. The number of para-hydroxylation sites is 1. The van der Waals surface area contributed by atoms with Crippen LogP contribution in [0.15, 0.2) is 48.5 Å². The van der Waals surface area contributed by atoms with E-state index in [0.717, 1.165) is 55.2 Å². The molecule has 2 heterocycles. The lowest BCUT2D eigenvalue weighted by molar-refractivity contribution is -0.134. The first kappa shape index (κ1) is 17.8. The molecule has 3 aromatic rings. The molecule has 2 fully saturated rings. The van der Waals surface area contributed by atoms with Crippen LogP contribution >= 0.6 is 11.3 Å². The number of hydrogen-bond acceptors (Lipinski definition) is 4. The van der Waals surface area contributed by atoms with Crippen LogP contribution in [0.25, 0.3) is 10.2 Å². The highest BCUT2D eigenvalue weighted by Gasteiger charge is 2.46. The van der Waals surface area contributed by atoms with E-state index in [2.05, 4.69) is 17.0 Å². The van der Waals surface area contributed by atoms with Gasteiger partial charge in [-0.25, -0.2) is 9.37 Å². The fraction of sp³-hybridized carbons (Fsp3) is 0.364. The fourth-order valence-corrected chi connectivity index (χ4v) is 5.10. The van der Waals surface area contributed by atoms with Gasteiger partial charge in [-0.1, -0.05) is 24.3 Å². The van der Waals surface area contributed by atoms with Gasteiger partial charge in [0.25, 0.3) is 0 Å². The van der Waals surface area contributed by atoms with Crippen molar-refractivity contribution in [3.8, 4) is 0 Å². The second-order valence-electron chi connectivity index (χ2n) is 7.68. The molecule has 1 aliphatic carbocycles. The van der Waals surface area contributed by atoms with Crippen LogP contribution in [0, 0.1) is 11.7 Å². The Morgan fingerprint density at radius 3 is 2.57 bits per heavy atom. The molecule has 4 nitrogen and oxygen atoms in total. The second-order valence-corrected chi connectivity index (χ2v) is 8.79. The number of hydrogen-bond donors (Lipinski definition) is 0. The third-order valence-corrected chi connectivity index (χ3v) is 6.81. The van der Waals surface area contributed by atoms with Crippen molar-refractivity contribution in [2.45, 2.75) is 18.9 Å². The summed E-state index contributed by atoms with van der Waals surface area (Å²) in [5.41, 5.74) is 2.14. The highest BCUT2D eigenvalue weighted by Crippen LogP contribution is 2.48. The van der Waals surface area contributed by atoms with Crippen molar-refractivity contribution in [3.05, 3.63) is 64.9 Å². The zero-order valence-corrected chi connectivity index (χ0v) is 16.4. The Hall–Kier alpha value is -2.31. The number of thiazole rings is 1. The Labute approximate surface area is 167 Å². The maximum atomic E-state index is 13.1. The average molecular weight is 396 g/mol. The Morgan fingerprint density at radius 2 is 1.82 bits per heavy atom. The molecule has 1 amide bonds. The largest absolute Gasteiger partial charge is 0.340 e. The quantitative estimate of drug-likeness (QED) is 0.673. The number of nitrogens with zero attached hydrogens (tertiary/aromatic N) is 3. The van der Waals surface area contributed by atoms with Crippen LogP contribution in [0.3, 0.4) is 0 Å². The second kappa shape index (κ2) is 7.26. The van der Waals surface area contributed by atoms with Crippen molar-refractivity contribution >= 4 is 27.5 Å². The average Bonchev–Trinajstić information content (AvgIpc) is 3.41. The lowest BCUT2D eigenvalue weighted by Crippen LogP contribution is -2.48. The van der Waals surface area contributed by atoms with Gasteiger partial charge in [0.1, 0.15) is 10.8 Å². The van der Waals surface area contributed by atoms with Gasteiger partial charge in [-0.05, 0) is 42.2 Å². The van der Waals surface area contributed by atoms with E-state index in [4.69, 9.17) is 4.98 Å². The van der Waals surface area contributed by atoms with E-state index >= 15 is 0 Å². The van der Waals surface area contributed by atoms with Crippen molar-refractivity contribution in [1.29, 1.82) is 0 Å². The Balaban J connectivity index is 1.15. The zero-order chi connectivity index (χ0) is 19.1. The number of carbonyl (C=O) groups is 1. The molecule has 2 aliphatic rings. The van der Waals surface area contributed by atoms with Crippen molar-refractivity contribution in [3.63, 3.8) is 0 Å². The third kappa shape index (κ3) is 3.54. The molecule has 5 rings (SSSR count). The van der Waals surface area contributed by atoms with Gasteiger partial charge < -0.3 is 4.90 Å². The Kier molecular flexibility index (Phi) is 4.61. The molecule has 0 N–H and O–H groups in total. The van der Waals surface area contributed by atoms with E-state index < -0.39 is 0 Å². The van der Waals surface area contributed by atoms with Gasteiger partial charge >= 0.3 is 0 Å². The molecule has 6 heteroatoms. The molecule has 2 unspecified atom stereocenters. The number of benzene rings is 2. The third-order valence-electron chi connectivity index (χ3n) is 5.79. The van der Waals surface area contributed by atoms with Gasteiger partial charge in [-0.3, -0.25) is 9.69 Å². The van der Waals surface area contributed by atoms with E-state index in [1.165, 1.54) is 16.8 Å². The van der Waals surface area contributed by atoms with Gasteiger partial charge in [0.2, 0.25) is 5.91 Å². The molecular formula is C22H22FN3OS. The van der Waals surface area contributed by atoms with Crippen molar-refractivity contribution in [2.75, 3.05) is 26.2 Å². The number of fused-ring (bicyclic) bond motifs is 1. The van der Waals surface area contributed by atoms with Crippen LogP contribution in [0.4, 0.5) is 4.39 Å². The topological polar surface area (TPSA) is 36.4 Å². The van der Waals surface area contributed by atoms with Gasteiger partial charge in [-0.2, -0.15) is 0 Å². The Bertz CT molecular complexity index is 961. The maximum absolute atomic E-state index is 13.1. The van der Waals surface area contributed by atoms with Gasteiger partial charge in [0.05, 0.1) is 16.8 Å². The van der Waals surface area contributed by atoms with Crippen LogP contribution in [0.1, 0.15) is 22.9 Å². The minimum Gasteiger partial charge on any atom is -0.340 e. The SMILES string of the molecule is O=C(C1CC1c1ccc(F)cc1)N1CCN(Cc2nc3ccccc3s2)CC1. The molecule has 0 radical (unpaired) electrons. The monoisotopic (exact) mass is 395 g/mol. The fourth-order valence-electron chi connectivity index (χ4n) is 4.09. The van der Waals surface area contributed by atoms with Gasteiger partial charge in [0, 0.05) is 32.1 Å². The summed E-state index contributed by atoms with van der Waals surface area (Å²) < 4.78 is 14.3. The predicted molar refractivity (Wildman–Crippen MR) is 109 cm³/mol. The molecule has 0 bridgehead atoms. The number of aromatic nitrogens is 1. The number of piperazine rings is 1. The normalized spacial score (nSPS) is 22.5. The molecule has 2 atom stereocenters. The van der Waals surface area contributed by atoms with E-state index in [-0.39, 0.29) is 23.6 Å². The molecule has 1 aliphatic heterocycles. The number of halogens is 1. The summed E-state index contributed by atoms with van der Waals surface area (Å²) in [5, 5.41) is 1.14. The van der Waals surface area contributed by atoms with Gasteiger partial charge in [0.15, 0.2) is 0 Å². The van der Waals surface area contributed by atoms with E-state index in [1.807, 2.05) is 29.2 Å². The highest BCUT2D eigenvalue weighted by atomic mass is 32.1. The minimum atomic E-state index is -0.225. The molecular weight excluding hydrogens is 373 g/mol. The molecule has 144 valence electrons. The summed E-state index contributed by atoms with van der Waals surface area (Å²) in [6.07, 6.45) is 0.885. The predicted octanol–water partition coefficient (Wildman–Crippen LogP) is 3.88. The van der Waals surface area contributed by atoms with Crippen LogP contribution in [0.2, 0.25) is 0 Å². The van der Waals surface area contributed by atoms with Crippen molar-refractivity contribution in [1.82, 2.24) is 14.8 Å². The summed E-state index contributed by atoms with van der Waals surface area (Å²) in [4.78, 5) is 21.9. The molecule has 0 spiro atoms. The summed E-state index contributed by atoms with van der Waals surface area (Å²) in [7, 11) is 0. The van der Waals surface area contributed by atoms with Crippen molar-refractivity contribution < 1.29 is 9.18 Å². The molecule has 2 aromatic carbocycles. The number of amides is 1. The number of carbonyl (C=O) groups excluding carboxylic acids is 1. The van der Waals surface area contributed by atoms with Crippen LogP contribution in [-0.2, 0) is 11.3 Å². The smallest absolute Gasteiger partial charge is 0.226 e. The van der Waals surface area contributed by atoms with E-state index in [9.17, 15) is 9.18 Å². The summed E-state index contributed by atoms with van der Waals surface area (Å²) in [6, 6.07) is 14.8. The van der Waals surface area contributed by atoms with Gasteiger partial charge in [-0.15, -0.1) is 11.3 Å². The summed E-state index contributed by atoms with van der Waals surface area (Å²) in [6.45, 7) is 4.17. The minimum absolute atomic E-state index is 0.0706. The van der Waals surface area contributed by atoms with Crippen LogP contribution < -0.4 is 0 Å². The van der Waals surface area contributed by atoms with E-state index in [1.54, 1.807) is 11.3 Å². The molecule has 1 saturated carbocycles. The standard InChI is InChI=1S/C22H22FN3OS/c23-16-7-5-15(6-8-16)17-13-18(17)22(27)26-11-9-25(10-12-26)14-21-24-19-3-1-2-4-20(19)28-21/h1-8,17-18H,9-14H2. The van der Waals surface area contributed by atoms with Crippen LogP contribution in [0.5, 0.6) is 0 Å². The van der Waals surface area contributed by atoms with Crippen molar-refractivity contribution in [2.24, 2.45) is 5.92 Å². The first-order chi connectivity index (χ1) is 13.7. The van der Waals surface area contributed by atoms with Crippen LogP contribution in [-0.4, -0.2) is 46.9 Å². The summed E-state index contributed by atoms with van der Waals surface area (Å²) >= 11 is 1.75. The Morgan fingerprint density at radius 1 is 1.07 bits per heavy atom. The number of rotatable bonds is 4. The zero-order valence-electron chi connectivity index (χ0n) is 15.6.